The molecule has 0 aliphatic carbocycles. The molecule has 0 unspecified atom stereocenters. The van der Waals surface area contributed by atoms with E-state index in [1.807, 2.05) is 25.1 Å². The molecular weight excluding hydrogens is 300 g/mol. The van der Waals surface area contributed by atoms with Gasteiger partial charge in [0.05, 0.1) is 6.54 Å². The second-order valence-electron chi connectivity index (χ2n) is 5.64. The van der Waals surface area contributed by atoms with Crippen LogP contribution in [0.4, 0.5) is 0 Å². The maximum atomic E-state index is 6.04. The van der Waals surface area contributed by atoms with Crippen molar-refractivity contribution in [2.24, 2.45) is 0 Å². The Morgan fingerprint density at radius 1 is 1.14 bits per heavy atom. The summed E-state index contributed by atoms with van der Waals surface area (Å²) in [5, 5.41) is 4.75. The summed E-state index contributed by atoms with van der Waals surface area (Å²) in [5.41, 5.74) is 1.27. The SMILES string of the molecule is CCc1noc(CN2CCN(Cc3cccc(Cl)c3)CC2)n1. The van der Waals surface area contributed by atoms with Gasteiger partial charge in [0.15, 0.2) is 5.82 Å². The number of piperazine rings is 1. The summed E-state index contributed by atoms with van der Waals surface area (Å²) in [4.78, 5) is 9.19. The monoisotopic (exact) mass is 320 g/mol. The van der Waals surface area contributed by atoms with E-state index in [0.29, 0.717) is 0 Å². The van der Waals surface area contributed by atoms with Crippen molar-refractivity contribution in [3.05, 3.63) is 46.6 Å². The number of aryl methyl sites for hydroxylation is 1. The largest absolute Gasteiger partial charge is 0.338 e. The average Bonchev–Trinajstić information content (AvgIpc) is 2.97. The van der Waals surface area contributed by atoms with Crippen LogP contribution in [0.5, 0.6) is 0 Å². The fourth-order valence-electron chi connectivity index (χ4n) is 2.69. The van der Waals surface area contributed by atoms with Crippen molar-refractivity contribution in [3.8, 4) is 0 Å². The van der Waals surface area contributed by atoms with E-state index in [4.69, 9.17) is 16.1 Å². The Balaban J connectivity index is 1.47. The second-order valence-corrected chi connectivity index (χ2v) is 6.08. The third kappa shape index (κ3) is 4.06. The summed E-state index contributed by atoms with van der Waals surface area (Å²) in [6.07, 6.45) is 0.816. The van der Waals surface area contributed by atoms with Gasteiger partial charge in [-0.15, -0.1) is 0 Å². The maximum Gasteiger partial charge on any atom is 0.240 e. The van der Waals surface area contributed by atoms with Crippen molar-refractivity contribution < 1.29 is 4.52 Å². The number of halogens is 1. The van der Waals surface area contributed by atoms with Crippen LogP contribution in [0.1, 0.15) is 24.2 Å². The normalized spacial score (nSPS) is 17.0. The molecule has 6 heteroatoms. The van der Waals surface area contributed by atoms with Crippen LogP contribution in [-0.2, 0) is 19.5 Å². The van der Waals surface area contributed by atoms with Crippen LogP contribution in [0.3, 0.4) is 0 Å². The highest BCUT2D eigenvalue weighted by Crippen LogP contribution is 2.14. The molecule has 0 spiro atoms. The van der Waals surface area contributed by atoms with Gasteiger partial charge < -0.3 is 4.52 Å². The smallest absolute Gasteiger partial charge is 0.240 e. The van der Waals surface area contributed by atoms with Gasteiger partial charge in [0.2, 0.25) is 5.89 Å². The Bertz CT molecular complexity index is 608. The standard InChI is InChI=1S/C16H21ClN4O/c1-2-15-18-16(22-19-15)12-21-8-6-20(7-9-21)11-13-4-3-5-14(17)10-13/h3-5,10H,2,6-9,11-12H2,1H3. The highest BCUT2D eigenvalue weighted by atomic mass is 35.5. The molecule has 118 valence electrons. The molecule has 1 aromatic heterocycles. The molecule has 2 aromatic rings. The molecule has 1 aliphatic heterocycles. The van der Waals surface area contributed by atoms with Crippen LogP contribution in [-0.4, -0.2) is 46.1 Å². The van der Waals surface area contributed by atoms with E-state index in [0.717, 1.165) is 62.4 Å². The fourth-order valence-corrected chi connectivity index (χ4v) is 2.90. The quantitative estimate of drug-likeness (QED) is 0.847. The third-order valence-corrected chi connectivity index (χ3v) is 4.18. The topological polar surface area (TPSA) is 45.4 Å². The van der Waals surface area contributed by atoms with Crippen LogP contribution >= 0.6 is 11.6 Å². The van der Waals surface area contributed by atoms with Crippen molar-refractivity contribution in [1.82, 2.24) is 19.9 Å². The van der Waals surface area contributed by atoms with Crippen LogP contribution in [0.25, 0.3) is 0 Å². The molecule has 0 atom stereocenters. The summed E-state index contributed by atoms with van der Waals surface area (Å²) < 4.78 is 5.26. The number of aromatic nitrogens is 2. The molecule has 5 nitrogen and oxygen atoms in total. The predicted molar refractivity (Wildman–Crippen MR) is 85.7 cm³/mol. The molecule has 3 rings (SSSR count). The molecule has 1 fully saturated rings. The van der Waals surface area contributed by atoms with E-state index in [-0.39, 0.29) is 0 Å². The van der Waals surface area contributed by atoms with Gasteiger partial charge in [0, 0.05) is 44.2 Å². The Labute approximate surface area is 135 Å². The van der Waals surface area contributed by atoms with Gasteiger partial charge in [-0.25, -0.2) is 0 Å². The molecule has 0 bridgehead atoms. The molecule has 22 heavy (non-hydrogen) atoms. The number of rotatable bonds is 5. The number of hydrogen-bond acceptors (Lipinski definition) is 5. The van der Waals surface area contributed by atoms with Crippen LogP contribution in [0.2, 0.25) is 5.02 Å². The maximum absolute atomic E-state index is 6.04. The summed E-state index contributed by atoms with van der Waals surface area (Å²) >= 11 is 6.04. The highest BCUT2D eigenvalue weighted by molar-refractivity contribution is 6.30. The molecule has 0 radical (unpaired) electrons. The predicted octanol–water partition coefficient (Wildman–Crippen LogP) is 2.60. The highest BCUT2D eigenvalue weighted by Gasteiger charge is 2.19. The van der Waals surface area contributed by atoms with Gasteiger partial charge in [0.25, 0.3) is 0 Å². The van der Waals surface area contributed by atoms with Crippen molar-refractivity contribution >= 4 is 11.6 Å². The Hall–Kier alpha value is -1.43. The molecule has 0 N–H and O–H groups in total. The van der Waals surface area contributed by atoms with E-state index in [1.54, 1.807) is 0 Å². The first-order valence-corrected chi connectivity index (χ1v) is 8.11. The third-order valence-electron chi connectivity index (χ3n) is 3.95. The second kappa shape index (κ2) is 7.22. The van der Waals surface area contributed by atoms with Crippen LogP contribution < -0.4 is 0 Å². The Morgan fingerprint density at radius 2 is 1.86 bits per heavy atom. The first-order chi connectivity index (χ1) is 10.7. The van der Waals surface area contributed by atoms with Crippen molar-refractivity contribution in [2.75, 3.05) is 26.2 Å². The van der Waals surface area contributed by atoms with Gasteiger partial charge >= 0.3 is 0 Å². The number of hydrogen-bond donors (Lipinski definition) is 0. The van der Waals surface area contributed by atoms with E-state index >= 15 is 0 Å². The van der Waals surface area contributed by atoms with Crippen molar-refractivity contribution in [1.29, 1.82) is 0 Å². The zero-order chi connectivity index (χ0) is 15.4. The van der Waals surface area contributed by atoms with Gasteiger partial charge in [-0.2, -0.15) is 4.98 Å². The van der Waals surface area contributed by atoms with E-state index in [1.165, 1.54) is 5.56 Å². The fraction of sp³-hybridized carbons (Fsp3) is 0.500. The van der Waals surface area contributed by atoms with Crippen LogP contribution in [0.15, 0.2) is 28.8 Å². The minimum Gasteiger partial charge on any atom is -0.338 e. The van der Waals surface area contributed by atoms with E-state index in [9.17, 15) is 0 Å². The average molecular weight is 321 g/mol. The van der Waals surface area contributed by atoms with Gasteiger partial charge in [-0.1, -0.05) is 35.8 Å². The summed E-state index contributed by atoms with van der Waals surface area (Å²) in [6, 6.07) is 8.09. The lowest BCUT2D eigenvalue weighted by Gasteiger charge is -2.33. The summed E-state index contributed by atoms with van der Waals surface area (Å²) in [5.74, 6) is 1.51. The Morgan fingerprint density at radius 3 is 2.50 bits per heavy atom. The zero-order valence-electron chi connectivity index (χ0n) is 12.8. The Kier molecular flexibility index (Phi) is 5.08. The molecule has 0 amide bonds. The van der Waals surface area contributed by atoms with Crippen molar-refractivity contribution in [2.45, 2.75) is 26.4 Å². The summed E-state index contributed by atoms with van der Waals surface area (Å²) in [7, 11) is 0. The minimum absolute atomic E-state index is 0.722. The molecule has 1 aliphatic rings. The number of nitrogens with zero attached hydrogens (tertiary/aromatic N) is 4. The lowest BCUT2D eigenvalue weighted by atomic mass is 10.2. The van der Waals surface area contributed by atoms with E-state index in [2.05, 4.69) is 26.0 Å². The lowest BCUT2D eigenvalue weighted by Crippen LogP contribution is -2.45. The minimum atomic E-state index is 0.722. The van der Waals surface area contributed by atoms with Gasteiger partial charge in [-0.05, 0) is 17.7 Å². The molecule has 1 aromatic carbocycles. The lowest BCUT2D eigenvalue weighted by molar-refractivity contribution is 0.112. The molecule has 2 heterocycles. The first-order valence-electron chi connectivity index (χ1n) is 7.73. The number of benzene rings is 1. The molecule has 0 saturated carbocycles. The van der Waals surface area contributed by atoms with Gasteiger partial charge in [-0.3, -0.25) is 9.80 Å². The van der Waals surface area contributed by atoms with Crippen LogP contribution in [0, 0.1) is 0 Å². The van der Waals surface area contributed by atoms with Gasteiger partial charge in [0.1, 0.15) is 0 Å². The molecule has 1 saturated heterocycles. The van der Waals surface area contributed by atoms with Crippen molar-refractivity contribution in [3.63, 3.8) is 0 Å². The molecular formula is C16H21ClN4O. The van der Waals surface area contributed by atoms with E-state index < -0.39 is 0 Å². The first kappa shape index (κ1) is 15.5. The summed E-state index contributed by atoms with van der Waals surface area (Å²) in [6.45, 7) is 7.85. The zero-order valence-corrected chi connectivity index (χ0v) is 13.6.